The van der Waals surface area contributed by atoms with Gasteiger partial charge >= 0.3 is 6.09 Å². The summed E-state index contributed by atoms with van der Waals surface area (Å²) in [6.45, 7) is 9.05. The molecule has 2 fully saturated rings. The Kier molecular flexibility index (Phi) is 10.9. The van der Waals surface area contributed by atoms with Crippen LogP contribution in [0.2, 0.25) is 0 Å². The number of unbranched alkanes of at least 4 members (excludes halogenated alkanes) is 3. The van der Waals surface area contributed by atoms with Crippen LogP contribution in [0.15, 0.2) is 42.5 Å². The number of benzene rings is 1. The molecule has 1 spiro atoms. The lowest BCUT2D eigenvalue weighted by atomic mass is 9.71. The van der Waals surface area contributed by atoms with Crippen molar-refractivity contribution in [3.05, 3.63) is 48.0 Å². The maximum Gasteiger partial charge on any atom is 0.411 e. The van der Waals surface area contributed by atoms with Crippen molar-refractivity contribution in [2.75, 3.05) is 6.61 Å². The van der Waals surface area contributed by atoms with Crippen LogP contribution in [0.1, 0.15) is 104 Å². The Morgan fingerprint density at radius 3 is 2.64 bits per heavy atom. The number of aliphatic hydroxyl groups excluding tert-OH is 1. The molecule has 1 heterocycles. The molecule has 1 aliphatic carbocycles. The van der Waals surface area contributed by atoms with Gasteiger partial charge in [0, 0.05) is 5.92 Å². The predicted octanol–water partition coefficient (Wildman–Crippen LogP) is 7.42. The molecular weight excluding hydrogens is 450 g/mol. The van der Waals surface area contributed by atoms with Crippen LogP contribution in [-0.2, 0) is 16.1 Å². The zero-order valence-electron chi connectivity index (χ0n) is 23.1. The summed E-state index contributed by atoms with van der Waals surface area (Å²) in [5, 5.41) is 10.6. The lowest BCUT2D eigenvalue weighted by Gasteiger charge is -2.48. The van der Waals surface area contributed by atoms with E-state index in [9.17, 15) is 9.90 Å². The van der Waals surface area contributed by atoms with Gasteiger partial charge in [0.2, 0.25) is 0 Å². The van der Waals surface area contributed by atoms with E-state index < -0.39 is 11.7 Å². The monoisotopic (exact) mass is 499 g/mol. The molecule has 5 nitrogen and oxygen atoms in total. The van der Waals surface area contributed by atoms with E-state index in [1.165, 1.54) is 19.3 Å². The van der Waals surface area contributed by atoms with Gasteiger partial charge in [-0.05, 0) is 58.4 Å². The van der Waals surface area contributed by atoms with Crippen LogP contribution in [-0.4, -0.2) is 46.0 Å². The second kappa shape index (κ2) is 13.6. The highest BCUT2D eigenvalue weighted by molar-refractivity contribution is 5.70. The Morgan fingerprint density at radius 1 is 1.14 bits per heavy atom. The van der Waals surface area contributed by atoms with Gasteiger partial charge in [0.1, 0.15) is 5.60 Å². The van der Waals surface area contributed by atoms with Gasteiger partial charge in [0.25, 0.3) is 0 Å². The highest BCUT2D eigenvalue weighted by Gasteiger charge is 2.54. The molecule has 1 saturated carbocycles. The van der Waals surface area contributed by atoms with E-state index in [4.69, 9.17) is 9.47 Å². The number of hydrogen-bond donors (Lipinski definition) is 1. The molecule has 2 unspecified atom stereocenters. The van der Waals surface area contributed by atoms with Crippen LogP contribution in [0.3, 0.4) is 0 Å². The molecule has 1 saturated heterocycles. The second-order valence-corrected chi connectivity index (χ2v) is 11.8. The van der Waals surface area contributed by atoms with Crippen LogP contribution in [0.5, 0.6) is 0 Å². The van der Waals surface area contributed by atoms with Gasteiger partial charge in [-0.2, -0.15) is 0 Å². The molecule has 202 valence electrons. The van der Waals surface area contributed by atoms with Crippen LogP contribution >= 0.6 is 0 Å². The molecule has 1 N–H and O–H groups in total. The van der Waals surface area contributed by atoms with E-state index in [2.05, 4.69) is 25.1 Å². The van der Waals surface area contributed by atoms with Gasteiger partial charge in [-0.1, -0.05) is 87.9 Å². The Morgan fingerprint density at radius 2 is 1.92 bits per heavy atom. The van der Waals surface area contributed by atoms with E-state index in [1.54, 1.807) is 0 Å². The van der Waals surface area contributed by atoms with E-state index in [1.807, 2.05) is 49.9 Å². The number of likely N-dealkylation sites (tertiary alicyclic amines) is 1. The van der Waals surface area contributed by atoms with Crippen LogP contribution in [0.4, 0.5) is 4.79 Å². The molecule has 36 heavy (non-hydrogen) atoms. The van der Waals surface area contributed by atoms with Crippen molar-refractivity contribution >= 4 is 6.09 Å². The van der Waals surface area contributed by atoms with Gasteiger partial charge in [0.15, 0.2) is 0 Å². The van der Waals surface area contributed by atoms with Gasteiger partial charge in [-0.15, -0.1) is 0 Å². The van der Waals surface area contributed by atoms with E-state index in [0.29, 0.717) is 13.2 Å². The van der Waals surface area contributed by atoms with Crippen molar-refractivity contribution in [3.63, 3.8) is 0 Å². The quantitative estimate of drug-likeness (QED) is 0.254. The number of hydrogen-bond acceptors (Lipinski definition) is 4. The summed E-state index contributed by atoms with van der Waals surface area (Å²) < 4.78 is 12.1. The van der Waals surface area contributed by atoms with Gasteiger partial charge in [-0.25, -0.2) is 4.79 Å². The fourth-order valence-corrected chi connectivity index (χ4v) is 5.99. The molecule has 1 amide bonds. The number of aliphatic hydroxyl groups is 1. The third-order valence-corrected chi connectivity index (χ3v) is 7.75. The van der Waals surface area contributed by atoms with Crippen molar-refractivity contribution in [3.8, 4) is 0 Å². The average molecular weight is 500 g/mol. The molecule has 2 aliphatic rings. The fraction of sp³-hybridized carbons (Fsp3) is 0.710. The van der Waals surface area contributed by atoms with Crippen molar-refractivity contribution in [2.45, 2.75) is 128 Å². The summed E-state index contributed by atoms with van der Waals surface area (Å²) in [4.78, 5) is 15.7. The fourth-order valence-electron chi connectivity index (χ4n) is 5.99. The standard InChI is InChI=1S/C31H49NO4/c1-5-6-7-11-17-28(33)19-18-26-16-12-13-21-31(26)22-20-27(32(31)29(34)36-30(2,3)4)24-35-23-25-14-9-8-10-15-25/h8-10,14-15,18-19,26-28,33H,5-7,11-13,16-17,20-24H2,1-4H3/b19-18-/t26?,27-,28+,31?/m0/s1. The normalized spacial score (nSPS) is 25.5. The molecule has 0 bridgehead atoms. The lowest BCUT2D eigenvalue weighted by molar-refractivity contribution is -0.0347. The molecule has 1 aromatic carbocycles. The van der Waals surface area contributed by atoms with E-state index in [0.717, 1.165) is 56.9 Å². The van der Waals surface area contributed by atoms with E-state index >= 15 is 0 Å². The first-order valence-corrected chi connectivity index (χ1v) is 14.3. The average Bonchev–Trinajstić information content (AvgIpc) is 3.19. The highest BCUT2D eigenvalue weighted by Crippen LogP contribution is 2.49. The molecule has 1 aromatic rings. The molecule has 5 heteroatoms. The highest BCUT2D eigenvalue weighted by atomic mass is 16.6. The summed E-state index contributed by atoms with van der Waals surface area (Å²) >= 11 is 0. The first-order chi connectivity index (χ1) is 17.2. The third-order valence-electron chi connectivity index (χ3n) is 7.75. The lowest BCUT2D eigenvalue weighted by Crippen LogP contribution is -2.57. The SMILES string of the molecule is CCCCCC[C@@H](O)/C=C\C1CCCCC12CC[C@@H](COCc1ccccc1)N2C(=O)OC(C)(C)C. The zero-order valence-corrected chi connectivity index (χ0v) is 23.1. The summed E-state index contributed by atoms with van der Waals surface area (Å²) in [6.07, 6.45) is 15.2. The van der Waals surface area contributed by atoms with Crippen molar-refractivity contribution in [1.82, 2.24) is 4.90 Å². The minimum Gasteiger partial charge on any atom is -0.444 e. The Hall–Kier alpha value is -1.85. The number of nitrogens with zero attached hydrogens (tertiary/aromatic N) is 1. The molecule has 0 aromatic heterocycles. The summed E-state index contributed by atoms with van der Waals surface area (Å²) in [5.74, 6) is 0.225. The minimum absolute atomic E-state index is 0.00321. The minimum atomic E-state index is -0.551. The zero-order chi connectivity index (χ0) is 26.0. The largest absolute Gasteiger partial charge is 0.444 e. The number of amides is 1. The van der Waals surface area contributed by atoms with Crippen molar-refractivity contribution in [2.24, 2.45) is 5.92 Å². The van der Waals surface area contributed by atoms with Crippen molar-refractivity contribution in [1.29, 1.82) is 0 Å². The maximum atomic E-state index is 13.6. The summed E-state index contributed by atoms with van der Waals surface area (Å²) in [5.41, 5.74) is 0.325. The Labute approximate surface area is 219 Å². The molecule has 0 radical (unpaired) electrons. The van der Waals surface area contributed by atoms with Crippen LogP contribution < -0.4 is 0 Å². The van der Waals surface area contributed by atoms with Crippen molar-refractivity contribution < 1.29 is 19.4 Å². The number of rotatable bonds is 11. The molecule has 4 atom stereocenters. The predicted molar refractivity (Wildman–Crippen MR) is 146 cm³/mol. The Balaban J connectivity index is 1.74. The van der Waals surface area contributed by atoms with Gasteiger partial charge in [0.05, 0.1) is 30.9 Å². The topological polar surface area (TPSA) is 59.0 Å². The molecule has 3 rings (SSSR count). The first kappa shape index (κ1) is 28.7. The number of ether oxygens (including phenoxy) is 2. The van der Waals surface area contributed by atoms with Gasteiger partial charge < -0.3 is 14.6 Å². The van der Waals surface area contributed by atoms with E-state index in [-0.39, 0.29) is 23.6 Å². The molecule has 1 aliphatic heterocycles. The second-order valence-electron chi connectivity index (χ2n) is 11.8. The molecular formula is C31H49NO4. The van der Waals surface area contributed by atoms with Crippen LogP contribution in [0, 0.1) is 5.92 Å². The first-order valence-electron chi connectivity index (χ1n) is 14.3. The third kappa shape index (κ3) is 8.08. The maximum absolute atomic E-state index is 13.6. The summed E-state index contributed by atoms with van der Waals surface area (Å²) in [6, 6.07) is 10.2. The summed E-state index contributed by atoms with van der Waals surface area (Å²) in [7, 11) is 0. The smallest absolute Gasteiger partial charge is 0.411 e. The van der Waals surface area contributed by atoms with Crippen LogP contribution in [0.25, 0.3) is 0 Å². The van der Waals surface area contributed by atoms with Gasteiger partial charge in [-0.3, -0.25) is 4.90 Å². The Bertz CT molecular complexity index is 818. The number of carbonyl (C=O) groups excluding carboxylic acids is 1. The number of carbonyl (C=O) groups is 1.